The number of hydrogen-bond donors (Lipinski definition) is 3. The highest BCUT2D eigenvalue weighted by Gasteiger charge is 2.25. The molecule has 2 atom stereocenters. The number of alkyl carbamates (subject to hydrolysis) is 1. The number of carboxylic acid groups (broad SMARTS) is 1. The van der Waals surface area contributed by atoms with E-state index in [1.165, 1.54) is 0 Å². The van der Waals surface area contributed by atoms with E-state index >= 15 is 0 Å². The van der Waals surface area contributed by atoms with Crippen LogP contribution in [0.2, 0.25) is 0 Å². The summed E-state index contributed by atoms with van der Waals surface area (Å²) in [6, 6.07) is 12.3. The van der Waals surface area contributed by atoms with Gasteiger partial charge in [-0.25, -0.2) is 14.8 Å². The molecule has 0 saturated carbocycles. The van der Waals surface area contributed by atoms with E-state index in [0.717, 1.165) is 26.9 Å². The summed E-state index contributed by atoms with van der Waals surface area (Å²) in [5, 5.41) is 18.7. The molecular weight excluding hydrogens is 556 g/mol. The van der Waals surface area contributed by atoms with Crippen molar-refractivity contribution in [3.63, 3.8) is 0 Å². The van der Waals surface area contributed by atoms with Gasteiger partial charge in [0.25, 0.3) is 0 Å². The number of fused-ring (bicyclic) bond motifs is 1. The quantitative estimate of drug-likeness (QED) is 0.180. The maximum atomic E-state index is 12.6. The molecule has 4 aromatic rings. The monoisotopic (exact) mass is 592 g/mol. The number of benzene rings is 2. The average Bonchev–Trinajstić information content (AvgIpc) is 3.41. The Morgan fingerprint density at radius 3 is 2.40 bits per heavy atom. The lowest BCUT2D eigenvalue weighted by Crippen LogP contribution is -2.36. The van der Waals surface area contributed by atoms with Gasteiger partial charge in [0.05, 0.1) is 38.2 Å². The molecule has 11 heteroatoms. The Labute approximate surface area is 249 Å². The molecule has 42 heavy (non-hydrogen) atoms. The SMILES string of the molecule is COc1cc2nc(C)nc(NC(C)c3cc(-c4ccccc4C(CC(=O)O)NC(=O)OC(C)(C)C)cs3)c2cc1OC. The van der Waals surface area contributed by atoms with Crippen LogP contribution in [0.15, 0.2) is 47.8 Å². The first-order valence-electron chi connectivity index (χ1n) is 13.4. The molecule has 10 nitrogen and oxygen atoms in total. The van der Waals surface area contributed by atoms with Crippen LogP contribution in [0, 0.1) is 6.92 Å². The van der Waals surface area contributed by atoms with Crippen molar-refractivity contribution in [2.24, 2.45) is 0 Å². The lowest BCUT2D eigenvalue weighted by Gasteiger charge is -2.24. The van der Waals surface area contributed by atoms with Gasteiger partial charge in [-0.05, 0) is 68.8 Å². The van der Waals surface area contributed by atoms with Crippen LogP contribution in [0.25, 0.3) is 22.0 Å². The van der Waals surface area contributed by atoms with E-state index in [4.69, 9.17) is 14.2 Å². The van der Waals surface area contributed by atoms with Crippen molar-refractivity contribution in [3.8, 4) is 22.6 Å². The molecule has 2 aromatic carbocycles. The molecule has 2 heterocycles. The summed E-state index contributed by atoms with van der Waals surface area (Å²) in [6.07, 6.45) is -0.964. The number of rotatable bonds is 10. The van der Waals surface area contributed by atoms with Gasteiger partial charge in [-0.2, -0.15) is 0 Å². The van der Waals surface area contributed by atoms with Gasteiger partial charge in [-0.15, -0.1) is 11.3 Å². The number of carboxylic acids is 1. The minimum Gasteiger partial charge on any atom is -0.493 e. The van der Waals surface area contributed by atoms with Crippen molar-refractivity contribution < 1.29 is 28.9 Å². The maximum absolute atomic E-state index is 12.6. The molecular formula is C31H36N4O6S. The second-order valence-corrected chi connectivity index (χ2v) is 11.8. The fourth-order valence-electron chi connectivity index (χ4n) is 4.61. The highest BCUT2D eigenvalue weighted by atomic mass is 32.1. The van der Waals surface area contributed by atoms with Crippen LogP contribution in [0.1, 0.15) is 62.5 Å². The fourth-order valence-corrected chi connectivity index (χ4v) is 5.52. The van der Waals surface area contributed by atoms with Crippen molar-refractivity contribution in [2.75, 3.05) is 19.5 Å². The summed E-state index contributed by atoms with van der Waals surface area (Å²) in [5.41, 5.74) is 2.45. The number of anilines is 1. The number of aromatic nitrogens is 2. The molecule has 2 aromatic heterocycles. The Morgan fingerprint density at radius 1 is 1.05 bits per heavy atom. The third-order valence-corrected chi connectivity index (χ3v) is 7.54. The summed E-state index contributed by atoms with van der Waals surface area (Å²) >= 11 is 1.57. The normalized spacial score (nSPS) is 12.8. The Bertz CT molecular complexity index is 1600. The van der Waals surface area contributed by atoms with Crippen LogP contribution in [0.5, 0.6) is 11.5 Å². The van der Waals surface area contributed by atoms with Gasteiger partial charge in [0.15, 0.2) is 11.5 Å². The van der Waals surface area contributed by atoms with Crippen LogP contribution >= 0.6 is 11.3 Å². The molecule has 0 bridgehead atoms. The minimum absolute atomic E-state index is 0.115. The molecule has 3 N–H and O–H groups in total. The molecule has 2 unspecified atom stereocenters. The number of amides is 1. The molecule has 0 radical (unpaired) electrons. The Kier molecular flexibility index (Phi) is 9.20. The number of hydrogen-bond acceptors (Lipinski definition) is 9. The third kappa shape index (κ3) is 7.27. The van der Waals surface area contributed by atoms with E-state index < -0.39 is 23.7 Å². The van der Waals surface area contributed by atoms with Crippen molar-refractivity contribution in [1.29, 1.82) is 0 Å². The summed E-state index contributed by atoms with van der Waals surface area (Å²) < 4.78 is 16.3. The molecule has 4 rings (SSSR count). The van der Waals surface area contributed by atoms with E-state index in [9.17, 15) is 14.7 Å². The molecule has 0 aliphatic heterocycles. The minimum atomic E-state index is -1.03. The van der Waals surface area contributed by atoms with E-state index in [0.29, 0.717) is 28.7 Å². The highest BCUT2D eigenvalue weighted by Crippen LogP contribution is 2.38. The molecule has 0 saturated heterocycles. The molecule has 0 spiro atoms. The topological polar surface area (TPSA) is 132 Å². The Balaban J connectivity index is 1.64. The van der Waals surface area contributed by atoms with Gasteiger partial charge in [0.1, 0.15) is 17.2 Å². The molecule has 222 valence electrons. The zero-order chi connectivity index (χ0) is 30.6. The van der Waals surface area contributed by atoms with Gasteiger partial charge < -0.3 is 30.0 Å². The zero-order valence-corrected chi connectivity index (χ0v) is 25.6. The van der Waals surface area contributed by atoms with Crippen LogP contribution < -0.4 is 20.1 Å². The van der Waals surface area contributed by atoms with Crippen LogP contribution in [0.3, 0.4) is 0 Å². The maximum Gasteiger partial charge on any atom is 0.408 e. The number of thiophene rings is 1. The summed E-state index contributed by atoms with van der Waals surface area (Å²) in [7, 11) is 3.17. The second-order valence-electron chi connectivity index (χ2n) is 10.8. The lowest BCUT2D eigenvalue weighted by molar-refractivity contribution is -0.137. The van der Waals surface area contributed by atoms with Gasteiger partial charge in [-0.3, -0.25) is 4.79 Å². The third-order valence-electron chi connectivity index (χ3n) is 6.43. The number of carbonyl (C=O) groups is 2. The molecule has 0 fully saturated rings. The zero-order valence-electron chi connectivity index (χ0n) is 24.8. The number of nitrogens with one attached hydrogen (secondary N) is 2. The van der Waals surface area contributed by atoms with E-state index in [-0.39, 0.29) is 12.5 Å². The Hall–Kier alpha value is -4.38. The van der Waals surface area contributed by atoms with Gasteiger partial charge in [-0.1, -0.05) is 24.3 Å². The Morgan fingerprint density at radius 2 is 1.74 bits per heavy atom. The van der Waals surface area contributed by atoms with Crippen molar-refractivity contribution in [2.45, 2.75) is 58.7 Å². The summed E-state index contributed by atoms with van der Waals surface area (Å²) in [4.78, 5) is 34.6. The molecule has 0 aliphatic rings. The van der Waals surface area contributed by atoms with Crippen molar-refractivity contribution >= 4 is 40.1 Å². The predicted octanol–water partition coefficient (Wildman–Crippen LogP) is 6.90. The first-order chi connectivity index (χ1) is 19.9. The second kappa shape index (κ2) is 12.6. The van der Waals surface area contributed by atoms with E-state index in [2.05, 4.69) is 26.7 Å². The standard InChI is InChI=1S/C31H36N4O6S/c1-17(32-29-22-13-25(39-6)26(40-7)14-23(22)33-18(2)34-29)27-12-19(16-42-27)20-10-8-9-11-21(20)24(15-28(36)37)35-30(38)41-31(3,4)5/h8-14,16-17,24H,15H2,1-7H3,(H,35,38)(H,36,37)(H,32,33,34). The van der Waals surface area contributed by atoms with Gasteiger partial charge >= 0.3 is 12.1 Å². The number of carbonyl (C=O) groups excluding carboxylic acids is 1. The van der Waals surface area contributed by atoms with Crippen molar-refractivity contribution in [3.05, 3.63) is 64.1 Å². The first kappa shape index (κ1) is 30.6. The summed E-state index contributed by atoms with van der Waals surface area (Å²) in [5.74, 6) is 1.43. The largest absolute Gasteiger partial charge is 0.493 e. The average molecular weight is 593 g/mol. The predicted molar refractivity (Wildman–Crippen MR) is 164 cm³/mol. The van der Waals surface area contributed by atoms with E-state index in [1.54, 1.807) is 46.3 Å². The van der Waals surface area contributed by atoms with Crippen molar-refractivity contribution in [1.82, 2.24) is 15.3 Å². The molecule has 0 aliphatic carbocycles. The molecule has 1 amide bonds. The number of aliphatic carboxylic acids is 1. The van der Waals surface area contributed by atoms with Gasteiger partial charge in [0, 0.05) is 16.3 Å². The van der Waals surface area contributed by atoms with Crippen LogP contribution in [0.4, 0.5) is 10.6 Å². The van der Waals surface area contributed by atoms with Crippen LogP contribution in [-0.2, 0) is 9.53 Å². The first-order valence-corrected chi connectivity index (χ1v) is 14.3. The smallest absolute Gasteiger partial charge is 0.408 e. The van der Waals surface area contributed by atoms with Gasteiger partial charge in [0.2, 0.25) is 0 Å². The lowest BCUT2D eigenvalue weighted by atomic mass is 9.94. The highest BCUT2D eigenvalue weighted by molar-refractivity contribution is 7.10. The van der Waals surface area contributed by atoms with E-state index in [1.807, 2.05) is 55.6 Å². The number of nitrogens with zero attached hydrogens (tertiary/aromatic N) is 2. The summed E-state index contributed by atoms with van der Waals surface area (Å²) in [6.45, 7) is 9.16. The number of ether oxygens (including phenoxy) is 3. The number of methoxy groups -OCH3 is 2. The fraction of sp³-hybridized carbons (Fsp3) is 0.355. The van der Waals surface area contributed by atoms with Crippen LogP contribution in [-0.4, -0.2) is 47.0 Å². The number of aryl methyl sites for hydroxylation is 1.